The summed E-state index contributed by atoms with van der Waals surface area (Å²) in [4.78, 5) is 22.7. The first-order chi connectivity index (χ1) is 13.5. The van der Waals surface area contributed by atoms with Crippen LogP contribution in [0, 0.1) is 0 Å². The zero-order valence-corrected chi connectivity index (χ0v) is 16.8. The van der Waals surface area contributed by atoms with E-state index >= 15 is 0 Å². The molecule has 170 valence electrons. The molecule has 1 saturated heterocycles. The molecule has 0 aromatic heterocycles. The Balaban J connectivity index is 3.03. The SMILES string of the molecule is COC1C(C(=O)O)OC(OC(CNC(C)=O)C(O)C(CO)OC(C)C)C(O)C1O. The molecule has 29 heavy (non-hydrogen) atoms. The lowest BCUT2D eigenvalue weighted by molar-refractivity contribution is -0.315. The van der Waals surface area contributed by atoms with Gasteiger partial charge < -0.3 is 49.8 Å². The molecule has 0 aliphatic carbocycles. The van der Waals surface area contributed by atoms with Gasteiger partial charge in [0.15, 0.2) is 12.4 Å². The number of hydrogen-bond donors (Lipinski definition) is 6. The van der Waals surface area contributed by atoms with Crippen molar-refractivity contribution in [1.29, 1.82) is 0 Å². The summed E-state index contributed by atoms with van der Waals surface area (Å²) in [5.41, 5.74) is 0. The number of ether oxygens (including phenoxy) is 4. The van der Waals surface area contributed by atoms with Crippen molar-refractivity contribution in [2.24, 2.45) is 0 Å². The number of carboxylic acids is 1. The standard InChI is InChI=1S/C17H31NO11/c1-7(2)27-10(6-19)11(21)9(5-18-8(3)20)28-17-13(23)12(22)14(26-4)15(29-17)16(24)25/h7,9-15,17,19,21-23H,5-6H2,1-4H3,(H,18,20)(H,24,25). The van der Waals surface area contributed by atoms with Crippen LogP contribution >= 0.6 is 0 Å². The number of carbonyl (C=O) groups is 2. The third-order valence-corrected chi connectivity index (χ3v) is 4.31. The Kier molecular flexibility index (Phi) is 10.4. The van der Waals surface area contributed by atoms with E-state index < -0.39 is 67.5 Å². The molecule has 1 aliphatic rings. The summed E-state index contributed by atoms with van der Waals surface area (Å²) in [5, 5.41) is 52.3. The maximum atomic E-state index is 11.4. The second-order valence-corrected chi connectivity index (χ2v) is 6.95. The van der Waals surface area contributed by atoms with Gasteiger partial charge in [-0.05, 0) is 13.8 Å². The van der Waals surface area contributed by atoms with Gasteiger partial charge in [0.05, 0.1) is 12.7 Å². The third kappa shape index (κ3) is 7.12. The fourth-order valence-electron chi connectivity index (χ4n) is 2.90. The van der Waals surface area contributed by atoms with Crippen molar-refractivity contribution < 1.29 is 54.1 Å². The van der Waals surface area contributed by atoms with Crippen molar-refractivity contribution in [3.8, 4) is 0 Å². The van der Waals surface area contributed by atoms with E-state index in [4.69, 9.17) is 18.9 Å². The van der Waals surface area contributed by atoms with Crippen LogP contribution in [0.2, 0.25) is 0 Å². The van der Waals surface area contributed by atoms with Crippen LogP contribution in [-0.4, -0.2) is 113 Å². The molecule has 0 spiro atoms. The minimum Gasteiger partial charge on any atom is -0.479 e. The Morgan fingerprint density at radius 3 is 2.24 bits per heavy atom. The minimum absolute atomic E-state index is 0.261. The number of amides is 1. The first-order valence-electron chi connectivity index (χ1n) is 9.14. The van der Waals surface area contributed by atoms with Crippen LogP contribution in [0.25, 0.3) is 0 Å². The number of nitrogens with one attached hydrogen (secondary N) is 1. The van der Waals surface area contributed by atoms with Gasteiger partial charge in [-0.2, -0.15) is 0 Å². The predicted octanol–water partition coefficient (Wildman–Crippen LogP) is -2.80. The molecule has 12 nitrogen and oxygen atoms in total. The first kappa shape index (κ1) is 25.7. The first-order valence-corrected chi connectivity index (χ1v) is 9.14. The molecule has 0 aromatic carbocycles. The Hall–Kier alpha value is -1.38. The van der Waals surface area contributed by atoms with Crippen molar-refractivity contribution in [2.45, 2.75) is 75.9 Å². The molecule has 8 unspecified atom stereocenters. The topological polar surface area (TPSA) is 184 Å². The molecule has 1 rings (SSSR count). The largest absolute Gasteiger partial charge is 0.479 e. The highest BCUT2D eigenvalue weighted by Gasteiger charge is 2.49. The van der Waals surface area contributed by atoms with Crippen molar-refractivity contribution >= 4 is 11.9 Å². The number of aliphatic hydroxyl groups excluding tert-OH is 4. The van der Waals surface area contributed by atoms with E-state index in [2.05, 4.69) is 5.32 Å². The lowest BCUT2D eigenvalue weighted by Crippen LogP contribution is -2.62. The summed E-state index contributed by atoms with van der Waals surface area (Å²) in [6.45, 7) is 3.77. The number of aliphatic hydroxyl groups is 4. The summed E-state index contributed by atoms with van der Waals surface area (Å²) >= 11 is 0. The van der Waals surface area contributed by atoms with E-state index in [0.29, 0.717) is 0 Å². The maximum Gasteiger partial charge on any atom is 0.335 e. The van der Waals surface area contributed by atoms with Crippen LogP contribution in [0.15, 0.2) is 0 Å². The van der Waals surface area contributed by atoms with E-state index in [1.54, 1.807) is 13.8 Å². The van der Waals surface area contributed by atoms with Crippen LogP contribution in [0.3, 0.4) is 0 Å². The number of aliphatic carboxylic acids is 1. The van der Waals surface area contributed by atoms with Crippen LogP contribution in [0.1, 0.15) is 20.8 Å². The molecule has 6 N–H and O–H groups in total. The number of rotatable bonds is 11. The molecule has 8 atom stereocenters. The van der Waals surface area contributed by atoms with Crippen LogP contribution in [0.5, 0.6) is 0 Å². The van der Waals surface area contributed by atoms with Crippen molar-refractivity contribution in [2.75, 3.05) is 20.3 Å². The number of hydrogen-bond acceptors (Lipinski definition) is 10. The van der Waals surface area contributed by atoms with Gasteiger partial charge in [0.2, 0.25) is 5.91 Å². The summed E-state index contributed by atoms with van der Waals surface area (Å²) in [7, 11) is 1.15. The van der Waals surface area contributed by atoms with E-state index in [-0.39, 0.29) is 12.6 Å². The lowest BCUT2D eigenvalue weighted by Gasteiger charge is -2.42. The average Bonchev–Trinajstić information content (AvgIpc) is 2.65. The fourth-order valence-corrected chi connectivity index (χ4v) is 2.90. The van der Waals surface area contributed by atoms with Crippen LogP contribution in [-0.2, 0) is 28.5 Å². The highest BCUT2D eigenvalue weighted by molar-refractivity contribution is 5.73. The summed E-state index contributed by atoms with van der Waals surface area (Å²) in [6.07, 6.45) is -12.2. The quantitative estimate of drug-likeness (QED) is 0.201. The zero-order valence-electron chi connectivity index (χ0n) is 16.8. The number of methoxy groups -OCH3 is 1. The van der Waals surface area contributed by atoms with E-state index in [9.17, 15) is 35.1 Å². The fraction of sp³-hybridized carbons (Fsp3) is 0.882. The predicted molar refractivity (Wildman–Crippen MR) is 95.8 cm³/mol. The molecular weight excluding hydrogens is 394 g/mol. The van der Waals surface area contributed by atoms with Gasteiger partial charge in [-0.15, -0.1) is 0 Å². The molecule has 12 heteroatoms. The van der Waals surface area contributed by atoms with Gasteiger partial charge in [0.1, 0.15) is 36.6 Å². The molecule has 0 bridgehead atoms. The Morgan fingerprint density at radius 1 is 1.17 bits per heavy atom. The maximum absolute atomic E-state index is 11.4. The Morgan fingerprint density at radius 2 is 1.79 bits per heavy atom. The molecule has 0 radical (unpaired) electrons. The number of carboxylic acid groups (broad SMARTS) is 1. The third-order valence-electron chi connectivity index (χ3n) is 4.31. The van der Waals surface area contributed by atoms with Crippen molar-refractivity contribution in [1.82, 2.24) is 5.32 Å². The second-order valence-electron chi connectivity index (χ2n) is 6.95. The molecule has 1 heterocycles. The normalized spacial score (nSPS) is 30.6. The van der Waals surface area contributed by atoms with Crippen LogP contribution < -0.4 is 5.32 Å². The van der Waals surface area contributed by atoms with Crippen LogP contribution in [0.4, 0.5) is 0 Å². The molecule has 0 saturated carbocycles. The van der Waals surface area contributed by atoms with E-state index in [0.717, 1.165) is 7.11 Å². The van der Waals surface area contributed by atoms with Crippen molar-refractivity contribution in [3.63, 3.8) is 0 Å². The molecule has 1 aliphatic heterocycles. The average molecular weight is 425 g/mol. The summed E-state index contributed by atoms with van der Waals surface area (Å²) < 4.78 is 21.1. The highest BCUT2D eigenvalue weighted by Crippen LogP contribution is 2.26. The molecule has 1 amide bonds. The van der Waals surface area contributed by atoms with Gasteiger partial charge >= 0.3 is 5.97 Å². The summed E-state index contributed by atoms with van der Waals surface area (Å²) in [6, 6.07) is 0. The Labute approximate surface area is 168 Å². The van der Waals surface area contributed by atoms with Gasteiger partial charge in [0.25, 0.3) is 0 Å². The number of carbonyl (C=O) groups excluding carboxylic acids is 1. The van der Waals surface area contributed by atoms with Gasteiger partial charge in [-0.3, -0.25) is 4.79 Å². The molecule has 1 fully saturated rings. The Bertz CT molecular complexity index is 532. The molecular formula is C17H31NO11. The van der Waals surface area contributed by atoms with Gasteiger partial charge in [0, 0.05) is 20.6 Å². The second kappa shape index (κ2) is 11.7. The van der Waals surface area contributed by atoms with Crippen molar-refractivity contribution in [3.05, 3.63) is 0 Å². The van der Waals surface area contributed by atoms with Gasteiger partial charge in [-0.25, -0.2) is 4.79 Å². The van der Waals surface area contributed by atoms with Gasteiger partial charge in [-0.1, -0.05) is 0 Å². The highest BCUT2D eigenvalue weighted by atomic mass is 16.7. The molecule has 0 aromatic rings. The summed E-state index contributed by atoms with van der Waals surface area (Å²) in [5.74, 6) is -1.89. The van der Waals surface area contributed by atoms with E-state index in [1.807, 2.05) is 0 Å². The minimum atomic E-state index is -1.71. The monoisotopic (exact) mass is 425 g/mol. The van der Waals surface area contributed by atoms with E-state index in [1.165, 1.54) is 6.92 Å². The zero-order chi connectivity index (χ0) is 22.3. The lowest BCUT2D eigenvalue weighted by atomic mass is 9.98. The smallest absolute Gasteiger partial charge is 0.335 e.